The van der Waals surface area contributed by atoms with Gasteiger partial charge < -0.3 is 9.64 Å². The minimum Gasteiger partial charge on any atom is -0.444 e. The van der Waals surface area contributed by atoms with Gasteiger partial charge in [0.25, 0.3) is 0 Å². The third-order valence-corrected chi connectivity index (χ3v) is 3.59. The zero-order valence-electron chi connectivity index (χ0n) is 15.9. The summed E-state index contributed by atoms with van der Waals surface area (Å²) in [5.74, 6) is -0.996. The molecule has 0 N–H and O–H groups in total. The Hall–Kier alpha value is -3.04. The highest BCUT2D eigenvalue weighted by Gasteiger charge is 2.26. The lowest BCUT2D eigenvalue weighted by molar-refractivity contribution is -0.387. The molecule has 0 radical (unpaired) electrons. The van der Waals surface area contributed by atoms with Crippen LogP contribution >= 0.6 is 0 Å². The number of carbonyl (C=O) groups excluding carboxylic acids is 1. The van der Waals surface area contributed by atoms with Crippen molar-refractivity contribution < 1.29 is 18.8 Å². The highest BCUT2D eigenvalue weighted by Crippen LogP contribution is 2.30. The average Bonchev–Trinajstić information content (AvgIpc) is 2.91. The molecule has 0 aliphatic heterocycles. The Balaban J connectivity index is 2.40. The fourth-order valence-electron chi connectivity index (χ4n) is 2.42. The fourth-order valence-corrected chi connectivity index (χ4v) is 2.42. The Kier molecular flexibility index (Phi) is 5.77. The number of ether oxygens (including phenoxy) is 1. The lowest BCUT2D eigenvalue weighted by Crippen LogP contribution is -2.36. The van der Waals surface area contributed by atoms with E-state index < -0.39 is 28.1 Å². The summed E-state index contributed by atoms with van der Waals surface area (Å²) in [5.41, 5.74) is -0.913. The predicted octanol–water partition coefficient (Wildman–Crippen LogP) is 3.29. The first kappa shape index (κ1) is 20.3. The molecule has 10 heteroatoms. The molecule has 0 aliphatic carbocycles. The van der Waals surface area contributed by atoms with Crippen LogP contribution in [0.15, 0.2) is 18.2 Å². The van der Waals surface area contributed by atoms with E-state index in [0.717, 1.165) is 6.07 Å². The standard InChI is InChI=1S/C17H22FN5O4/c1-6-22(16(24)27-17(2,3)4)10-12-15(20-21(5)19-12)11-8-7-9-13(14(11)18)23(25)26/h7-9H,6,10H2,1-5H3. The number of nitrogens with zero attached hydrogens (tertiary/aromatic N) is 5. The van der Waals surface area contributed by atoms with Gasteiger partial charge in [-0.05, 0) is 33.8 Å². The summed E-state index contributed by atoms with van der Waals surface area (Å²) in [6.07, 6.45) is -0.541. The molecule has 0 aliphatic rings. The van der Waals surface area contributed by atoms with Crippen molar-refractivity contribution in [1.29, 1.82) is 0 Å². The van der Waals surface area contributed by atoms with E-state index in [1.54, 1.807) is 34.7 Å². The predicted molar refractivity (Wildman–Crippen MR) is 95.4 cm³/mol. The summed E-state index contributed by atoms with van der Waals surface area (Å²) in [6, 6.07) is 3.84. The number of carbonyl (C=O) groups is 1. The van der Waals surface area contributed by atoms with E-state index in [4.69, 9.17) is 4.74 Å². The number of amides is 1. The Bertz CT molecular complexity index is 859. The molecule has 2 rings (SSSR count). The van der Waals surface area contributed by atoms with E-state index in [1.807, 2.05) is 0 Å². The summed E-state index contributed by atoms with van der Waals surface area (Å²) in [5, 5.41) is 19.3. The number of hydrogen-bond acceptors (Lipinski definition) is 6. The largest absolute Gasteiger partial charge is 0.444 e. The van der Waals surface area contributed by atoms with Crippen LogP contribution in [0.1, 0.15) is 33.4 Å². The van der Waals surface area contributed by atoms with E-state index in [-0.39, 0.29) is 17.8 Å². The van der Waals surface area contributed by atoms with Crippen molar-refractivity contribution in [3.63, 3.8) is 0 Å². The van der Waals surface area contributed by atoms with Gasteiger partial charge in [0.05, 0.1) is 11.5 Å². The molecule has 0 atom stereocenters. The van der Waals surface area contributed by atoms with Gasteiger partial charge in [0, 0.05) is 25.2 Å². The molecule has 1 aromatic heterocycles. The van der Waals surface area contributed by atoms with Crippen LogP contribution in [0.2, 0.25) is 0 Å². The summed E-state index contributed by atoms with van der Waals surface area (Å²) in [7, 11) is 1.55. The van der Waals surface area contributed by atoms with Gasteiger partial charge in [-0.1, -0.05) is 6.07 Å². The van der Waals surface area contributed by atoms with E-state index in [1.165, 1.54) is 21.8 Å². The number of hydrogen-bond donors (Lipinski definition) is 0. The molecule has 1 aromatic carbocycles. The summed E-state index contributed by atoms with van der Waals surface area (Å²) >= 11 is 0. The van der Waals surface area contributed by atoms with Crippen molar-refractivity contribution in [2.24, 2.45) is 7.05 Å². The number of nitro benzene ring substituents is 1. The molecule has 1 amide bonds. The van der Waals surface area contributed by atoms with Gasteiger partial charge in [0.2, 0.25) is 5.82 Å². The molecule has 0 fully saturated rings. The lowest BCUT2D eigenvalue weighted by Gasteiger charge is -2.26. The molecule has 0 saturated carbocycles. The first-order chi connectivity index (χ1) is 12.5. The van der Waals surface area contributed by atoms with Gasteiger partial charge in [-0.2, -0.15) is 19.4 Å². The van der Waals surface area contributed by atoms with Crippen LogP contribution in [-0.4, -0.2) is 43.1 Å². The van der Waals surface area contributed by atoms with Crippen LogP contribution in [0.25, 0.3) is 11.3 Å². The van der Waals surface area contributed by atoms with Crippen molar-refractivity contribution in [3.8, 4) is 11.3 Å². The Morgan fingerprint density at radius 3 is 2.59 bits per heavy atom. The van der Waals surface area contributed by atoms with Gasteiger partial charge in [-0.3, -0.25) is 10.1 Å². The first-order valence-corrected chi connectivity index (χ1v) is 8.35. The van der Waals surface area contributed by atoms with E-state index >= 15 is 0 Å². The number of nitro groups is 1. The zero-order valence-corrected chi connectivity index (χ0v) is 15.9. The molecule has 9 nitrogen and oxygen atoms in total. The van der Waals surface area contributed by atoms with Crippen molar-refractivity contribution in [1.82, 2.24) is 19.9 Å². The second-order valence-corrected chi connectivity index (χ2v) is 6.88. The zero-order chi connectivity index (χ0) is 20.4. The maximum atomic E-state index is 14.6. The van der Waals surface area contributed by atoms with Gasteiger partial charge in [-0.15, -0.1) is 0 Å². The smallest absolute Gasteiger partial charge is 0.410 e. The SMILES string of the molecule is CCN(Cc1nn(C)nc1-c1cccc([N+](=O)[O-])c1F)C(=O)OC(C)(C)C. The van der Waals surface area contributed by atoms with Crippen LogP contribution < -0.4 is 0 Å². The van der Waals surface area contributed by atoms with E-state index in [9.17, 15) is 19.3 Å². The molecule has 0 bridgehead atoms. The Labute approximate surface area is 155 Å². The molecular weight excluding hydrogens is 357 g/mol. The van der Waals surface area contributed by atoms with Crippen molar-refractivity contribution in [3.05, 3.63) is 39.8 Å². The van der Waals surface area contributed by atoms with Crippen LogP contribution in [-0.2, 0) is 18.3 Å². The van der Waals surface area contributed by atoms with Crippen molar-refractivity contribution >= 4 is 11.8 Å². The molecular formula is C17H22FN5O4. The molecule has 0 spiro atoms. The van der Waals surface area contributed by atoms with E-state index in [0.29, 0.717) is 12.2 Å². The third-order valence-electron chi connectivity index (χ3n) is 3.59. The van der Waals surface area contributed by atoms with Gasteiger partial charge in [0.15, 0.2) is 0 Å². The average molecular weight is 379 g/mol. The Morgan fingerprint density at radius 1 is 1.37 bits per heavy atom. The van der Waals surface area contributed by atoms with Gasteiger partial charge >= 0.3 is 11.8 Å². The van der Waals surface area contributed by atoms with Crippen LogP contribution in [0, 0.1) is 15.9 Å². The first-order valence-electron chi connectivity index (χ1n) is 8.35. The van der Waals surface area contributed by atoms with Gasteiger partial charge in [0.1, 0.15) is 17.0 Å². The summed E-state index contributed by atoms with van der Waals surface area (Å²) < 4.78 is 19.9. The molecule has 146 valence electrons. The minimum atomic E-state index is -0.996. The number of halogens is 1. The number of aryl methyl sites for hydroxylation is 1. The molecule has 27 heavy (non-hydrogen) atoms. The van der Waals surface area contributed by atoms with Crippen LogP contribution in [0.4, 0.5) is 14.9 Å². The molecule has 0 unspecified atom stereocenters. The molecule has 1 heterocycles. The summed E-state index contributed by atoms with van der Waals surface area (Å²) in [4.78, 5) is 25.2. The van der Waals surface area contributed by atoms with Crippen LogP contribution in [0.3, 0.4) is 0 Å². The van der Waals surface area contributed by atoms with E-state index in [2.05, 4.69) is 10.2 Å². The molecule has 0 saturated heterocycles. The lowest BCUT2D eigenvalue weighted by atomic mass is 10.1. The second kappa shape index (κ2) is 7.68. The van der Waals surface area contributed by atoms with Crippen LogP contribution in [0.5, 0.6) is 0 Å². The normalized spacial score (nSPS) is 11.3. The maximum absolute atomic E-state index is 14.6. The second-order valence-electron chi connectivity index (χ2n) is 6.88. The maximum Gasteiger partial charge on any atom is 0.410 e. The fraction of sp³-hybridized carbons (Fsp3) is 0.471. The third kappa shape index (κ3) is 4.78. The quantitative estimate of drug-likeness (QED) is 0.583. The number of rotatable bonds is 5. The van der Waals surface area contributed by atoms with Crippen molar-refractivity contribution in [2.45, 2.75) is 39.8 Å². The Morgan fingerprint density at radius 2 is 2.04 bits per heavy atom. The van der Waals surface area contributed by atoms with Gasteiger partial charge in [-0.25, -0.2) is 4.79 Å². The monoisotopic (exact) mass is 379 g/mol. The minimum absolute atomic E-state index is 0.0245. The molecule has 2 aromatic rings. The number of aromatic nitrogens is 3. The van der Waals surface area contributed by atoms with Crippen molar-refractivity contribution in [2.75, 3.05) is 6.54 Å². The highest BCUT2D eigenvalue weighted by molar-refractivity contribution is 5.69. The summed E-state index contributed by atoms with van der Waals surface area (Å²) in [6.45, 7) is 7.40. The highest BCUT2D eigenvalue weighted by atomic mass is 19.1. The number of benzene rings is 1. The topological polar surface area (TPSA) is 103 Å².